The number of aromatic nitrogens is 2. The minimum Gasteiger partial charge on any atom is -0.306 e. The first-order valence-corrected chi connectivity index (χ1v) is 5.47. The molecule has 1 aliphatic rings. The van der Waals surface area contributed by atoms with Gasteiger partial charge >= 0.3 is 0 Å². The van der Waals surface area contributed by atoms with E-state index >= 15 is 0 Å². The molecule has 0 aromatic carbocycles. The van der Waals surface area contributed by atoms with Gasteiger partial charge in [0.15, 0.2) is 12.0 Å². The summed E-state index contributed by atoms with van der Waals surface area (Å²) in [4.78, 5) is 2.33. The van der Waals surface area contributed by atoms with Crippen LogP contribution in [0.2, 0.25) is 0 Å². The molecule has 16 heavy (non-hydrogen) atoms. The van der Waals surface area contributed by atoms with Gasteiger partial charge < -0.3 is 4.90 Å². The van der Waals surface area contributed by atoms with Gasteiger partial charge in [0.05, 0.1) is 5.69 Å². The molecule has 1 fully saturated rings. The maximum Gasteiger partial charge on any atom is 0.182 e. The topological polar surface area (TPSA) is 64.8 Å². The molecule has 0 radical (unpaired) electrons. The summed E-state index contributed by atoms with van der Waals surface area (Å²) in [5, 5.41) is 19.0. The van der Waals surface area contributed by atoms with Gasteiger partial charge in [0.2, 0.25) is 0 Å². The highest BCUT2D eigenvalue weighted by Gasteiger charge is 2.19. The van der Waals surface area contributed by atoms with E-state index in [1.807, 2.05) is 18.3 Å². The Hall–Kier alpha value is -1.67. The van der Waals surface area contributed by atoms with Crippen LogP contribution in [-0.4, -0.2) is 35.2 Å². The first-order chi connectivity index (χ1) is 7.79. The van der Waals surface area contributed by atoms with Gasteiger partial charge in [0, 0.05) is 5.92 Å². The summed E-state index contributed by atoms with van der Waals surface area (Å²) in [5.41, 5.74) is 1.04. The van der Waals surface area contributed by atoms with Crippen molar-refractivity contribution >= 4 is 5.82 Å². The van der Waals surface area contributed by atoms with Gasteiger partial charge in [-0.2, -0.15) is 10.4 Å². The van der Waals surface area contributed by atoms with Gasteiger partial charge in [-0.05, 0) is 45.1 Å². The van der Waals surface area contributed by atoms with E-state index in [4.69, 9.17) is 5.26 Å². The lowest BCUT2D eigenvalue weighted by atomic mass is 9.94. The summed E-state index contributed by atoms with van der Waals surface area (Å²) in [5.74, 6) is 1.03. The Morgan fingerprint density at radius 3 is 2.69 bits per heavy atom. The number of nitrogens with zero attached hydrogens (tertiary/aromatic N) is 4. The number of hydrogen-bond acceptors (Lipinski definition) is 5. The summed E-state index contributed by atoms with van der Waals surface area (Å²) in [7, 11) is 2.14. The quantitative estimate of drug-likeness (QED) is 0.595. The highest BCUT2D eigenvalue weighted by Crippen LogP contribution is 2.25. The van der Waals surface area contributed by atoms with Crippen LogP contribution in [0.5, 0.6) is 0 Å². The zero-order valence-electron chi connectivity index (χ0n) is 9.35. The van der Waals surface area contributed by atoms with Crippen molar-refractivity contribution in [3.63, 3.8) is 0 Å². The van der Waals surface area contributed by atoms with E-state index in [-0.39, 0.29) is 0 Å². The van der Waals surface area contributed by atoms with Gasteiger partial charge in [-0.25, -0.2) is 0 Å². The standard InChI is InChI=1S/C11H15N5/c1-16-6-4-9(5-7-16)10-2-3-11(13-8-12)15-14-10/h2-3,9H,4-7H2,1H3,(H,13,15). The number of hydrogen-bond donors (Lipinski definition) is 1. The molecular weight excluding hydrogens is 202 g/mol. The third-order valence-electron chi connectivity index (χ3n) is 3.01. The average molecular weight is 217 g/mol. The Labute approximate surface area is 95.1 Å². The van der Waals surface area contributed by atoms with Gasteiger partial charge in [-0.1, -0.05) is 0 Å². The molecule has 1 aromatic rings. The third kappa shape index (κ3) is 2.47. The minimum atomic E-state index is 0.513. The van der Waals surface area contributed by atoms with E-state index in [9.17, 15) is 0 Å². The maximum absolute atomic E-state index is 8.43. The molecule has 5 nitrogen and oxygen atoms in total. The second kappa shape index (κ2) is 4.90. The summed E-state index contributed by atoms with van der Waals surface area (Å²) >= 11 is 0. The van der Waals surface area contributed by atoms with Crippen LogP contribution in [0.15, 0.2) is 12.1 Å². The monoisotopic (exact) mass is 217 g/mol. The van der Waals surface area contributed by atoms with E-state index < -0.39 is 0 Å². The molecule has 84 valence electrons. The second-order valence-electron chi connectivity index (χ2n) is 4.16. The molecule has 0 unspecified atom stereocenters. The minimum absolute atomic E-state index is 0.513. The molecule has 0 saturated carbocycles. The first-order valence-electron chi connectivity index (χ1n) is 5.47. The van der Waals surface area contributed by atoms with Crippen LogP contribution >= 0.6 is 0 Å². The molecule has 2 heterocycles. The molecule has 5 heteroatoms. The normalized spacial score (nSPS) is 18.0. The molecule has 0 atom stereocenters. The molecule has 1 aliphatic heterocycles. The van der Waals surface area contributed by atoms with Gasteiger partial charge in [-0.3, -0.25) is 5.32 Å². The molecule has 0 aliphatic carbocycles. The average Bonchev–Trinajstić information content (AvgIpc) is 2.32. The Balaban J connectivity index is 2.02. The number of nitrogens with one attached hydrogen (secondary N) is 1. The first kappa shape index (κ1) is 10.8. The Morgan fingerprint density at radius 1 is 1.38 bits per heavy atom. The third-order valence-corrected chi connectivity index (χ3v) is 3.01. The van der Waals surface area contributed by atoms with E-state index in [0.717, 1.165) is 31.6 Å². The largest absolute Gasteiger partial charge is 0.306 e. The summed E-state index contributed by atoms with van der Waals surface area (Å²) in [6, 6.07) is 3.77. The fraction of sp³-hybridized carbons (Fsp3) is 0.545. The number of nitriles is 1. The maximum atomic E-state index is 8.43. The van der Waals surface area contributed by atoms with Gasteiger partial charge in [0.25, 0.3) is 0 Å². The summed E-state index contributed by atoms with van der Waals surface area (Å²) in [6.07, 6.45) is 4.10. The summed E-state index contributed by atoms with van der Waals surface area (Å²) in [6.45, 7) is 2.23. The van der Waals surface area contributed by atoms with Crippen LogP contribution in [0.1, 0.15) is 24.5 Å². The predicted molar refractivity (Wildman–Crippen MR) is 60.7 cm³/mol. The predicted octanol–water partition coefficient (Wildman–Crippen LogP) is 1.18. The van der Waals surface area contributed by atoms with Crippen molar-refractivity contribution < 1.29 is 0 Å². The van der Waals surface area contributed by atoms with Crippen molar-refractivity contribution in [2.75, 3.05) is 25.5 Å². The molecule has 0 amide bonds. The second-order valence-corrected chi connectivity index (χ2v) is 4.16. The van der Waals surface area contributed by atoms with Crippen LogP contribution in [0.25, 0.3) is 0 Å². The lowest BCUT2D eigenvalue weighted by Crippen LogP contribution is -2.29. The van der Waals surface area contributed by atoms with Crippen molar-refractivity contribution in [2.24, 2.45) is 0 Å². The highest BCUT2D eigenvalue weighted by atomic mass is 15.2. The van der Waals surface area contributed by atoms with Crippen LogP contribution in [0.4, 0.5) is 5.82 Å². The van der Waals surface area contributed by atoms with E-state index in [0.29, 0.717) is 11.7 Å². The fourth-order valence-electron chi connectivity index (χ4n) is 1.99. The van der Waals surface area contributed by atoms with Crippen molar-refractivity contribution in [2.45, 2.75) is 18.8 Å². The lowest BCUT2D eigenvalue weighted by molar-refractivity contribution is 0.253. The Bertz CT molecular complexity index is 372. The van der Waals surface area contributed by atoms with Crippen LogP contribution < -0.4 is 5.32 Å². The number of piperidine rings is 1. The van der Waals surface area contributed by atoms with E-state index in [2.05, 4.69) is 27.5 Å². The zero-order chi connectivity index (χ0) is 11.4. The number of anilines is 1. The van der Waals surface area contributed by atoms with Gasteiger partial charge in [0.1, 0.15) is 0 Å². The fourth-order valence-corrected chi connectivity index (χ4v) is 1.99. The molecule has 0 bridgehead atoms. The molecular formula is C11H15N5. The Morgan fingerprint density at radius 2 is 2.12 bits per heavy atom. The van der Waals surface area contributed by atoms with Gasteiger partial charge in [-0.15, -0.1) is 5.10 Å². The smallest absolute Gasteiger partial charge is 0.182 e. The van der Waals surface area contributed by atoms with Crippen molar-refractivity contribution in [3.8, 4) is 6.19 Å². The van der Waals surface area contributed by atoms with Crippen molar-refractivity contribution in [3.05, 3.63) is 17.8 Å². The van der Waals surface area contributed by atoms with Crippen molar-refractivity contribution in [1.29, 1.82) is 5.26 Å². The highest BCUT2D eigenvalue weighted by molar-refractivity contribution is 5.37. The van der Waals surface area contributed by atoms with Crippen LogP contribution in [0.3, 0.4) is 0 Å². The molecule has 1 saturated heterocycles. The van der Waals surface area contributed by atoms with Crippen LogP contribution in [0, 0.1) is 11.5 Å². The number of rotatable bonds is 2. The SMILES string of the molecule is CN1CCC(c2ccc(NC#N)nn2)CC1. The summed E-state index contributed by atoms with van der Waals surface area (Å²) < 4.78 is 0. The molecule has 0 spiro atoms. The lowest BCUT2D eigenvalue weighted by Gasteiger charge is -2.28. The van der Waals surface area contributed by atoms with Crippen LogP contribution in [-0.2, 0) is 0 Å². The molecule has 2 rings (SSSR count). The van der Waals surface area contributed by atoms with Crippen molar-refractivity contribution in [1.82, 2.24) is 15.1 Å². The molecule has 1 aromatic heterocycles. The zero-order valence-corrected chi connectivity index (χ0v) is 9.35. The number of likely N-dealkylation sites (tertiary alicyclic amines) is 1. The van der Waals surface area contributed by atoms with E-state index in [1.54, 1.807) is 0 Å². The Kier molecular flexibility index (Phi) is 3.32. The molecule has 1 N–H and O–H groups in total. The van der Waals surface area contributed by atoms with E-state index in [1.165, 1.54) is 0 Å².